The summed E-state index contributed by atoms with van der Waals surface area (Å²) in [5.41, 5.74) is 0.371. The summed E-state index contributed by atoms with van der Waals surface area (Å²) in [6.45, 7) is 2.73. The molecule has 0 bridgehead atoms. The minimum Gasteiger partial charge on any atom is -0.490 e. The lowest BCUT2D eigenvalue weighted by atomic mass is 9.83. The van der Waals surface area contributed by atoms with E-state index >= 15 is 0 Å². The number of hydrogen-bond donors (Lipinski definition) is 0. The first-order valence-corrected chi connectivity index (χ1v) is 9.30. The second-order valence-electron chi connectivity index (χ2n) is 6.88. The minimum atomic E-state index is -0.700. The molecule has 0 aromatic heterocycles. The molecule has 0 radical (unpaired) electrons. The normalized spacial score (nSPS) is 19.8. The number of esters is 1. The maximum atomic E-state index is 14.5. The number of hydrogen-bond acceptors (Lipinski definition) is 3. The van der Waals surface area contributed by atoms with Crippen LogP contribution < -0.4 is 9.47 Å². The lowest BCUT2D eigenvalue weighted by molar-refractivity contribution is 0.0734. The highest BCUT2D eigenvalue weighted by molar-refractivity contribution is 6.32. The third-order valence-corrected chi connectivity index (χ3v) is 5.19. The molecule has 0 saturated heterocycles. The van der Waals surface area contributed by atoms with Gasteiger partial charge in [-0.1, -0.05) is 49.6 Å². The van der Waals surface area contributed by atoms with Crippen molar-refractivity contribution >= 4 is 17.6 Å². The molecule has 138 valence electrons. The van der Waals surface area contributed by atoms with Crippen LogP contribution in [0.3, 0.4) is 0 Å². The van der Waals surface area contributed by atoms with Crippen LogP contribution in [0.5, 0.6) is 11.5 Å². The van der Waals surface area contributed by atoms with Gasteiger partial charge in [0.1, 0.15) is 5.02 Å². The molecule has 2 aromatic carbocycles. The molecule has 0 amide bonds. The van der Waals surface area contributed by atoms with E-state index < -0.39 is 11.8 Å². The zero-order valence-electron chi connectivity index (χ0n) is 14.7. The van der Waals surface area contributed by atoms with Crippen molar-refractivity contribution in [3.05, 3.63) is 58.9 Å². The molecular weight excluding hydrogens is 355 g/mol. The van der Waals surface area contributed by atoms with Gasteiger partial charge in [-0.3, -0.25) is 0 Å². The van der Waals surface area contributed by atoms with E-state index in [9.17, 15) is 9.18 Å². The number of benzene rings is 2. The van der Waals surface area contributed by atoms with E-state index in [2.05, 4.69) is 6.92 Å². The zero-order valence-corrected chi connectivity index (χ0v) is 15.5. The molecule has 0 aliphatic heterocycles. The summed E-state index contributed by atoms with van der Waals surface area (Å²) in [5.74, 6) is -0.00735. The Labute approximate surface area is 158 Å². The summed E-state index contributed by atoms with van der Waals surface area (Å²) in [5, 5.41) is -0.246. The Morgan fingerprint density at radius 1 is 1.08 bits per heavy atom. The summed E-state index contributed by atoms with van der Waals surface area (Å²) in [6, 6.07) is 11.4. The molecular formula is C21H22ClFO3. The van der Waals surface area contributed by atoms with Gasteiger partial charge in [0.05, 0.1) is 12.2 Å². The topological polar surface area (TPSA) is 35.5 Å². The second-order valence-corrected chi connectivity index (χ2v) is 7.26. The van der Waals surface area contributed by atoms with Gasteiger partial charge in [0.2, 0.25) is 0 Å². The molecule has 26 heavy (non-hydrogen) atoms. The molecule has 1 fully saturated rings. The minimum absolute atomic E-state index is 0.0168. The number of carbonyl (C=O) groups is 1. The highest BCUT2D eigenvalue weighted by Gasteiger charge is 2.21. The molecule has 0 atom stereocenters. The van der Waals surface area contributed by atoms with E-state index in [4.69, 9.17) is 21.1 Å². The fourth-order valence-electron chi connectivity index (χ4n) is 3.14. The summed E-state index contributed by atoms with van der Waals surface area (Å²) >= 11 is 6.04. The Bertz CT molecular complexity index is 755. The highest BCUT2D eigenvalue weighted by atomic mass is 35.5. The van der Waals surface area contributed by atoms with E-state index in [1.165, 1.54) is 25.0 Å². The fourth-order valence-corrected chi connectivity index (χ4v) is 3.34. The van der Waals surface area contributed by atoms with Crippen LogP contribution in [0.2, 0.25) is 5.02 Å². The molecule has 0 spiro atoms. The van der Waals surface area contributed by atoms with E-state index in [0.29, 0.717) is 18.1 Å². The molecule has 1 aliphatic carbocycles. The first kappa shape index (κ1) is 18.7. The van der Waals surface area contributed by atoms with Crippen LogP contribution in [0.25, 0.3) is 0 Å². The molecule has 3 nitrogen and oxygen atoms in total. The zero-order chi connectivity index (χ0) is 18.5. The van der Waals surface area contributed by atoms with Crippen LogP contribution in [0.4, 0.5) is 4.39 Å². The molecule has 3 rings (SSSR count). The second kappa shape index (κ2) is 8.54. The third-order valence-electron chi connectivity index (χ3n) is 4.83. The van der Waals surface area contributed by atoms with Crippen molar-refractivity contribution in [3.63, 3.8) is 0 Å². The smallest absolute Gasteiger partial charge is 0.343 e. The summed E-state index contributed by atoms with van der Waals surface area (Å²) in [6.07, 6.45) is 4.57. The van der Waals surface area contributed by atoms with Crippen molar-refractivity contribution in [1.82, 2.24) is 0 Å². The van der Waals surface area contributed by atoms with Crippen molar-refractivity contribution in [3.8, 4) is 11.5 Å². The van der Waals surface area contributed by atoms with Crippen LogP contribution in [0, 0.1) is 17.7 Å². The van der Waals surface area contributed by atoms with Gasteiger partial charge < -0.3 is 9.47 Å². The van der Waals surface area contributed by atoms with Crippen LogP contribution in [0.15, 0.2) is 42.5 Å². The predicted octanol–water partition coefficient (Wildman–Crippen LogP) is 5.90. The highest BCUT2D eigenvalue weighted by Crippen LogP contribution is 2.35. The standard InChI is InChI=1S/C21H22ClFO3/c1-14-7-9-15(10-8-14)13-25-18-12-11-17(19(22)20(18)23)26-21(24)16-5-3-2-4-6-16/h2-6,11-12,14-15H,7-10,13H2,1H3. The van der Waals surface area contributed by atoms with Crippen molar-refractivity contribution < 1.29 is 18.7 Å². The van der Waals surface area contributed by atoms with E-state index in [1.807, 2.05) is 0 Å². The average molecular weight is 377 g/mol. The number of halogens is 2. The maximum absolute atomic E-state index is 14.5. The van der Waals surface area contributed by atoms with Gasteiger partial charge in [0, 0.05) is 0 Å². The average Bonchev–Trinajstić information content (AvgIpc) is 2.67. The van der Waals surface area contributed by atoms with Crippen LogP contribution in [0.1, 0.15) is 43.0 Å². The number of ether oxygens (including phenoxy) is 2. The van der Waals surface area contributed by atoms with Crippen molar-refractivity contribution in [2.75, 3.05) is 6.61 Å². The first-order chi connectivity index (χ1) is 12.5. The largest absolute Gasteiger partial charge is 0.490 e. The van der Waals surface area contributed by atoms with Crippen LogP contribution in [-0.4, -0.2) is 12.6 Å². The van der Waals surface area contributed by atoms with Gasteiger partial charge in [-0.05, 0) is 48.9 Å². The van der Waals surface area contributed by atoms with Crippen LogP contribution >= 0.6 is 11.6 Å². The van der Waals surface area contributed by atoms with E-state index in [1.54, 1.807) is 30.3 Å². The maximum Gasteiger partial charge on any atom is 0.343 e. The molecule has 5 heteroatoms. The third kappa shape index (κ3) is 4.55. The molecule has 0 heterocycles. The van der Waals surface area contributed by atoms with Gasteiger partial charge >= 0.3 is 5.97 Å². The lowest BCUT2D eigenvalue weighted by Crippen LogP contribution is -2.19. The van der Waals surface area contributed by atoms with E-state index in [-0.39, 0.29) is 16.5 Å². The SMILES string of the molecule is CC1CCC(COc2ccc(OC(=O)c3ccccc3)c(Cl)c2F)CC1. The quantitative estimate of drug-likeness (QED) is 0.481. The summed E-state index contributed by atoms with van der Waals surface area (Å²) < 4.78 is 25.3. The van der Waals surface area contributed by atoms with Crippen molar-refractivity contribution in [2.24, 2.45) is 11.8 Å². The van der Waals surface area contributed by atoms with Crippen LogP contribution in [-0.2, 0) is 0 Å². The van der Waals surface area contributed by atoms with Crippen molar-refractivity contribution in [1.29, 1.82) is 0 Å². The monoisotopic (exact) mass is 376 g/mol. The Kier molecular flexibility index (Phi) is 6.15. The molecule has 1 aliphatic rings. The molecule has 2 aromatic rings. The summed E-state index contributed by atoms with van der Waals surface area (Å²) in [4.78, 5) is 12.1. The van der Waals surface area contributed by atoms with E-state index in [0.717, 1.165) is 18.8 Å². The lowest BCUT2D eigenvalue weighted by Gasteiger charge is -2.26. The molecule has 1 saturated carbocycles. The number of carbonyl (C=O) groups excluding carboxylic acids is 1. The Balaban J connectivity index is 1.63. The first-order valence-electron chi connectivity index (χ1n) is 8.92. The molecule has 0 N–H and O–H groups in total. The van der Waals surface area contributed by atoms with Gasteiger partial charge in [-0.2, -0.15) is 0 Å². The van der Waals surface area contributed by atoms with Crippen molar-refractivity contribution in [2.45, 2.75) is 32.6 Å². The van der Waals surface area contributed by atoms with Gasteiger partial charge in [0.15, 0.2) is 17.3 Å². The number of rotatable bonds is 5. The Morgan fingerprint density at radius 3 is 2.42 bits per heavy atom. The Morgan fingerprint density at radius 2 is 1.73 bits per heavy atom. The molecule has 0 unspecified atom stereocenters. The fraction of sp³-hybridized carbons (Fsp3) is 0.381. The summed E-state index contributed by atoms with van der Waals surface area (Å²) in [7, 11) is 0. The predicted molar refractivity (Wildman–Crippen MR) is 99.4 cm³/mol. The van der Waals surface area contributed by atoms with Gasteiger partial charge in [0.25, 0.3) is 0 Å². The van der Waals surface area contributed by atoms with Gasteiger partial charge in [-0.25, -0.2) is 9.18 Å². The van der Waals surface area contributed by atoms with Gasteiger partial charge in [-0.15, -0.1) is 0 Å². The Hall–Kier alpha value is -2.07.